The Kier molecular flexibility index (Phi) is 34.4. The Balaban J connectivity index is 5.59. The van der Waals surface area contributed by atoms with Gasteiger partial charge in [-0.15, -0.1) is 0 Å². The van der Waals surface area contributed by atoms with Crippen LogP contribution in [0.15, 0.2) is 0 Å². The van der Waals surface area contributed by atoms with Crippen molar-refractivity contribution in [2.75, 3.05) is 23.0 Å². The fourth-order valence-electron chi connectivity index (χ4n) is 6.12. The Morgan fingerprint density at radius 3 is 1.20 bits per heavy atom. The number of rotatable bonds is 36. The van der Waals surface area contributed by atoms with Crippen molar-refractivity contribution in [2.24, 2.45) is 11.8 Å². The molecule has 49 heavy (non-hydrogen) atoms. The Bertz CT molecular complexity index is 711. The van der Waals surface area contributed by atoms with Crippen LogP contribution in [0.25, 0.3) is 0 Å². The summed E-state index contributed by atoms with van der Waals surface area (Å²) < 4.78 is 13.8. The fourth-order valence-corrected chi connectivity index (χ4v) is 18.1. The second kappa shape index (κ2) is 34.1. The predicted octanol–water partition coefficient (Wildman–Crippen LogP) is 11.6. The molecule has 4 atom stereocenters. The van der Waals surface area contributed by atoms with Crippen LogP contribution in [0.1, 0.15) is 183 Å². The quantitative estimate of drug-likeness (QED) is 0.0476. The van der Waals surface area contributed by atoms with Crippen molar-refractivity contribution in [3.63, 3.8) is 0 Å². The molecule has 0 radical (unpaired) electrons. The molecular formula is C40H80O6S2Sn. The van der Waals surface area contributed by atoms with Gasteiger partial charge in [0, 0.05) is 0 Å². The number of aliphatic hydroxyl groups is 2. The Morgan fingerprint density at radius 2 is 0.857 bits per heavy atom. The molecule has 0 aromatic carbocycles. The van der Waals surface area contributed by atoms with E-state index in [-0.39, 0.29) is 0 Å². The summed E-state index contributed by atoms with van der Waals surface area (Å²) in [4.78, 5) is 27.0. The zero-order valence-corrected chi connectivity index (χ0v) is 37.4. The van der Waals surface area contributed by atoms with E-state index in [0.717, 1.165) is 62.9 Å². The molecule has 0 aliphatic carbocycles. The van der Waals surface area contributed by atoms with E-state index in [1.165, 1.54) is 77.0 Å². The van der Waals surface area contributed by atoms with Gasteiger partial charge < -0.3 is 0 Å². The van der Waals surface area contributed by atoms with Gasteiger partial charge in [-0.05, 0) is 0 Å². The minimum atomic E-state index is -4.37. The third kappa shape index (κ3) is 26.7. The summed E-state index contributed by atoms with van der Waals surface area (Å²) in [5.41, 5.74) is 0. The molecular weight excluding hydrogens is 759 g/mol. The molecule has 0 heterocycles. The van der Waals surface area contributed by atoms with Gasteiger partial charge >= 0.3 is 319 Å². The van der Waals surface area contributed by atoms with Crippen LogP contribution in [0.4, 0.5) is 0 Å². The van der Waals surface area contributed by atoms with Crippen molar-refractivity contribution < 1.29 is 26.0 Å². The molecule has 0 aromatic heterocycles. The molecule has 0 aliphatic heterocycles. The molecule has 2 N–H and O–H groups in total. The van der Waals surface area contributed by atoms with Gasteiger partial charge in [0.05, 0.1) is 0 Å². The van der Waals surface area contributed by atoms with Gasteiger partial charge in [0.15, 0.2) is 0 Å². The van der Waals surface area contributed by atoms with E-state index in [4.69, 9.17) is 6.15 Å². The summed E-state index contributed by atoms with van der Waals surface area (Å²) in [6, 6.07) is 0. The third-order valence-electron chi connectivity index (χ3n) is 9.80. The average molecular weight is 840 g/mol. The van der Waals surface area contributed by atoms with Gasteiger partial charge in [-0.25, -0.2) is 0 Å². The zero-order chi connectivity index (χ0) is 36.6. The molecule has 0 aliphatic rings. The Labute approximate surface area is 317 Å². The van der Waals surface area contributed by atoms with Gasteiger partial charge in [-0.1, -0.05) is 0 Å². The van der Waals surface area contributed by atoms with E-state index in [1.54, 1.807) is 23.5 Å². The van der Waals surface area contributed by atoms with Crippen molar-refractivity contribution >= 4 is 54.7 Å². The second-order valence-corrected chi connectivity index (χ2v) is 25.9. The van der Waals surface area contributed by atoms with Crippen LogP contribution < -0.4 is 0 Å². The molecule has 0 amide bonds. The van der Waals surface area contributed by atoms with E-state index >= 15 is 0 Å². The number of aliphatic hydroxyl groups excluding tert-OH is 2. The molecule has 9 heteroatoms. The van der Waals surface area contributed by atoms with Gasteiger partial charge in [0.2, 0.25) is 0 Å². The topological polar surface area (TPSA) is 93.1 Å². The first kappa shape index (κ1) is 49.4. The van der Waals surface area contributed by atoms with Crippen LogP contribution in [-0.4, -0.2) is 76.6 Å². The molecule has 0 saturated carbocycles. The number of carbonyl (C=O) groups excluding carboxylic acids is 2. The summed E-state index contributed by atoms with van der Waals surface area (Å²) in [6.45, 7) is 13.3. The number of hydrogen-bond acceptors (Lipinski definition) is 8. The molecule has 0 fully saturated rings. The summed E-state index contributed by atoms with van der Waals surface area (Å²) in [7, 11) is 0. The molecule has 6 nitrogen and oxygen atoms in total. The summed E-state index contributed by atoms with van der Waals surface area (Å²) >= 11 is -0.762. The van der Waals surface area contributed by atoms with Crippen molar-refractivity contribution in [3.05, 3.63) is 0 Å². The molecule has 0 aromatic rings. The minimum absolute atomic E-state index is 0.342. The maximum absolute atomic E-state index is 13.5. The number of hydrogen-bond donors (Lipinski definition) is 2. The van der Waals surface area contributed by atoms with Crippen molar-refractivity contribution in [1.82, 2.24) is 0 Å². The van der Waals surface area contributed by atoms with Crippen LogP contribution in [-0.2, 0) is 15.7 Å². The van der Waals surface area contributed by atoms with E-state index in [1.807, 2.05) is 0 Å². The predicted molar refractivity (Wildman–Crippen MR) is 217 cm³/mol. The van der Waals surface area contributed by atoms with Gasteiger partial charge in [-0.3, -0.25) is 0 Å². The summed E-state index contributed by atoms with van der Waals surface area (Å²) in [5, 5.41) is 21.9. The van der Waals surface area contributed by atoms with Crippen LogP contribution in [0.5, 0.6) is 0 Å². The van der Waals surface area contributed by atoms with Crippen LogP contribution in [0.2, 0.25) is 8.87 Å². The first-order valence-corrected chi connectivity index (χ1v) is 29.4. The maximum atomic E-state index is 13.5. The molecule has 4 unspecified atom stereocenters. The third-order valence-corrected chi connectivity index (χ3v) is 21.9. The van der Waals surface area contributed by atoms with Crippen LogP contribution >= 0.6 is 23.5 Å². The van der Waals surface area contributed by atoms with Gasteiger partial charge in [0.25, 0.3) is 0 Å². The normalized spacial score (nSPS) is 14.4. The molecule has 0 saturated heterocycles. The standard InChI is InChI=1S/2C12H24O3S.2C8H17.Sn/c2*1-3-5-6-10(4-2)9-16-8-7-11(13)12(14)15;2*1-3-5-7-8-6-4-2;/h2*10-11,13H,3-9H2,1-2H3,(H,14,15);2*1,3-8H2,2H3;/q;;;;+2/p-2. The van der Waals surface area contributed by atoms with Crippen LogP contribution in [0.3, 0.4) is 0 Å². The van der Waals surface area contributed by atoms with Crippen molar-refractivity contribution in [2.45, 2.75) is 204 Å². The number of unbranched alkanes of at least 4 members (excludes halogenated alkanes) is 12. The van der Waals surface area contributed by atoms with Crippen molar-refractivity contribution in [1.29, 1.82) is 0 Å². The summed E-state index contributed by atoms with van der Waals surface area (Å²) in [6.07, 6.45) is 21.0. The molecule has 0 spiro atoms. The first-order chi connectivity index (χ1) is 23.7. The average Bonchev–Trinajstić information content (AvgIpc) is 3.10. The summed E-state index contributed by atoms with van der Waals surface area (Å²) in [5.74, 6) is 3.58. The van der Waals surface area contributed by atoms with Crippen LogP contribution in [0, 0.1) is 11.8 Å². The van der Waals surface area contributed by atoms with Gasteiger partial charge in [-0.2, -0.15) is 0 Å². The van der Waals surface area contributed by atoms with Crippen molar-refractivity contribution in [3.8, 4) is 0 Å². The van der Waals surface area contributed by atoms with E-state index in [0.29, 0.717) is 45.1 Å². The molecule has 292 valence electrons. The number of carbonyl (C=O) groups is 2. The first-order valence-electron chi connectivity index (χ1n) is 20.7. The molecule has 0 rings (SSSR count). The van der Waals surface area contributed by atoms with E-state index in [9.17, 15) is 19.8 Å². The fraction of sp³-hybridized carbons (Fsp3) is 0.950. The Morgan fingerprint density at radius 1 is 0.510 bits per heavy atom. The second-order valence-electron chi connectivity index (χ2n) is 14.4. The number of thioether (sulfide) groups is 2. The van der Waals surface area contributed by atoms with Gasteiger partial charge in [0.1, 0.15) is 0 Å². The SMILES string of the molecule is CCCCCCC[CH2][Sn]([CH2]CCCCCCC)([O]C(=O)C(O)CCSCC(CC)CCCC)[O]C(=O)C(O)CCSCC(CC)CCCC. The Hall–Kier alpha value is 0.359. The monoisotopic (exact) mass is 840 g/mol. The van der Waals surface area contributed by atoms with E-state index in [2.05, 4.69) is 41.5 Å². The zero-order valence-electron chi connectivity index (χ0n) is 33.0. The molecule has 0 bridgehead atoms. The van der Waals surface area contributed by atoms with E-state index < -0.39 is 43.4 Å².